The van der Waals surface area contributed by atoms with Crippen molar-refractivity contribution in [2.45, 2.75) is 32.2 Å². The number of piperidine rings is 1. The molecular weight excluding hydrogens is 272 g/mol. The second-order valence-electron chi connectivity index (χ2n) is 5.39. The van der Waals surface area contributed by atoms with E-state index >= 15 is 0 Å². The summed E-state index contributed by atoms with van der Waals surface area (Å²) in [6, 6.07) is 3.24. The average molecular weight is 288 g/mol. The van der Waals surface area contributed by atoms with E-state index in [2.05, 4.69) is 16.9 Å². The zero-order chi connectivity index (χ0) is 15.0. The molecule has 0 bridgehead atoms. The Bertz CT molecular complexity index is 755. The molecule has 3 rings (SSSR count). The number of benzene rings is 1. The van der Waals surface area contributed by atoms with Crippen molar-refractivity contribution in [2.24, 2.45) is 0 Å². The number of rotatable bonds is 2. The minimum Gasteiger partial charge on any atom is -0.363 e. The third-order valence-corrected chi connectivity index (χ3v) is 4.05. The summed E-state index contributed by atoms with van der Waals surface area (Å²) in [5.74, 6) is 0. The molecule has 1 aromatic heterocycles. The highest BCUT2D eigenvalue weighted by molar-refractivity contribution is 5.87. The van der Waals surface area contributed by atoms with Crippen LogP contribution in [-0.4, -0.2) is 27.5 Å². The number of anilines is 1. The number of fused-ring (bicyclic) bond motifs is 1. The maximum absolute atomic E-state index is 11.8. The summed E-state index contributed by atoms with van der Waals surface area (Å²) >= 11 is 0. The fourth-order valence-electron chi connectivity index (χ4n) is 2.92. The molecule has 1 saturated heterocycles. The maximum atomic E-state index is 11.8. The predicted octanol–water partition coefficient (Wildman–Crippen LogP) is 2.21. The number of aromatic amines is 1. The molecule has 0 aliphatic carbocycles. The van der Waals surface area contributed by atoms with Crippen LogP contribution < -0.4 is 10.5 Å². The summed E-state index contributed by atoms with van der Waals surface area (Å²) in [4.78, 5) is 31.3. The molecule has 2 heterocycles. The lowest BCUT2D eigenvalue weighted by Gasteiger charge is -2.35. The molecule has 7 nitrogen and oxygen atoms in total. The summed E-state index contributed by atoms with van der Waals surface area (Å²) in [5.41, 5.74) is 0.644. The van der Waals surface area contributed by atoms with Gasteiger partial charge in [-0.15, -0.1) is 0 Å². The Labute approximate surface area is 120 Å². The standard InChI is InChI=1S/C14H16N4O3/c1-9-4-2-3-5-17(9)12-7-11-10(6-13(12)18(20)21)14(19)16-8-15-11/h6-9H,2-5H2,1H3,(H,15,16,19). The number of nitro groups is 1. The SMILES string of the molecule is CC1CCCCN1c1cc2nc[nH]c(=O)c2cc1[N+](=O)[O-]. The molecule has 1 fully saturated rings. The summed E-state index contributed by atoms with van der Waals surface area (Å²) in [7, 11) is 0. The molecule has 110 valence electrons. The van der Waals surface area contributed by atoms with Gasteiger partial charge in [0, 0.05) is 18.7 Å². The van der Waals surface area contributed by atoms with E-state index in [9.17, 15) is 14.9 Å². The highest BCUT2D eigenvalue weighted by Crippen LogP contribution is 2.34. The van der Waals surface area contributed by atoms with Crippen LogP contribution in [0, 0.1) is 10.1 Å². The maximum Gasteiger partial charge on any atom is 0.293 e. The van der Waals surface area contributed by atoms with Crippen molar-refractivity contribution in [3.05, 3.63) is 38.9 Å². The molecule has 21 heavy (non-hydrogen) atoms. The van der Waals surface area contributed by atoms with Gasteiger partial charge >= 0.3 is 0 Å². The Kier molecular flexibility index (Phi) is 3.32. The van der Waals surface area contributed by atoms with Crippen LogP contribution in [0.2, 0.25) is 0 Å². The van der Waals surface area contributed by atoms with Crippen molar-refractivity contribution >= 4 is 22.3 Å². The van der Waals surface area contributed by atoms with Crippen LogP contribution in [0.15, 0.2) is 23.3 Å². The first-order valence-electron chi connectivity index (χ1n) is 7.00. The Hall–Kier alpha value is -2.44. The minimum atomic E-state index is -0.428. The van der Waals surface area contributed by atoms with Gasteiger partial charge in [-0.3, -0.25) is 14.9 Å². The number of nitro benzene ring substituents is 1. The first-order valence-corrected chi connectivity index (χ1v) is 7.00. The normalized spacial score (nSPS) is 18.9. The molecule has 1 aromatic carbocycles. The smallest absolute Gasteiger partial charge is 0.293 e. The zero-order valence-corrected chi connectivity index (χ0v) is 11.7. The van der Waals surface area contributed by atoms with E-state index in [-0.39, 0.29) is 22.7 Å². The molecule has 1 atom stereocenters. The van der Waals surface area contributed by atoms with E-state index in [4.69, 9.17) is 0 Å². The van der Waals surface area contributed by atoms with E-state index < -0.39 is 4.92 Å². The van der Waals surface area contributed by atoms with Crippen molar-refractivity contribution in [3.8, 4) is 0 Å². The van der Waals surface area contributed by atoms with Crippen LogP contribution in [-0.2, 0) is 0 Å². The van der Waals surface area contributed by atoms with E-state index in [0.717, 1.165) is 25.8 Å². The zero-order valence-electron chi connectivity index (χ0n) is 11.7. The summed E-state index contributed by atoms with van der Waals surface area (Å²) in [6.07, 6.45) is 4.48. The number of aromatic nitrogens is 2. The van der Waals surface area contributed by atoms with Gasteiger partial charge in [0.25, 0.3) is 11.2 Å². The predicted molar refractivity (Wildman–Crippen MR) is 79.7 cm³/mol. The van der Waals surface area contributed by atoms with Gasteiger partial charge < -0.3 is 9.88 Å². The average Bonchev–Trinajstić information content (AvgIpc) is 2.47. The van der Waals surface area contributed by atoms with Crippen molar-refractivity contribution in [1.29, 1.82) is 0 Å². The number of H-pyrrole nitrogens is 1. The van der Waals surface area contributed by atoms with E-state index in [1.807, 2.05) is 4.90 Å². The lowest BCUT2D eigenvalue weighted by molar-refractivity contribution is -0.384. The van der Waals surface area contributed by atoms with Crippen LogP contribution in [0.3, 0.4) is 0 Å². The lowest BCUT2D eigenvalue weighted by Crippen LogP contribution is -2.37. The Morgan fingerprint density at radius 3 is 2.95 bits per heavy atom. The van der Waals surface area contributed by atoms with Gasteiger partial charge in [-0.1, -0.05) is 0 Å². The number of nitrogens with one attached hydrogen (secondary N) is 1. The summed E-state index contributed by atoms with van der Waals surface area (Å²) < 4.78 is 0. The molecule has 7 heteroatoms. The van der Waals surface area contributed by atoms with Gasteiger partial charge in [-0.05, 0) is 32.3 Å². The van der Waals surface area contributed by atoms with Crippen molar-refractivity contribution in [1.82, 2.24) is 9.97 Å². The number of hydrogen-bond donors (Lipinski definition) is 1. The Balaban J connectivity index is 2.22. The molecule has 0 saturated carbocycles. The number of hydrogen-bond acceptors (Lipinski definition) is 5. The first kappa shape index (κ1) is 13.5. The summed E-state index contributed by atoms with van der Waals surface area (Å²) in [6.45, 7) is 2.86. The Morgan fingerprint density at radius 2 is 2.24 bits per heavy atom. The lowest BCUT2D eigenvalue weighted by atomic mass is 10.0. The molecule has 1 aliphatic heterocycles. The minimum absolute atomic E-state index is 0.0326. The number of nitrogens with zero attached hydrogens (tertiary/aromatic N) is 3. The van der Waals surface area contributed by atoms with Gasteiger partial charge in [0.05, 0.1) is 22.2 Å². The molecule has 1 unspecified atom stereocenters. The van der Waals surface area contributed by atoms with Crippen LogP contribution in [0.25, 0.3) is 10.9 Å². The van der Waals surface area contributed by atoms with Crippen LogP contribution in [0.4, 0.5) is 11.4 Å². The topological polar surface area (TPSA) is 92.1 Å². The van der Waals surface area contributed by atoms with Crippen LogP contribution in [0.1, 0.15) is 26.2 Å². The van der Waals surface area contributed by atoms with Gasteiger partial charge in [0.15, 0.2) is 0 Å². The van der Waals surface area contributed by atoms with E-state index in [1.54, 1.807) is 6.07 Å². The van der Waals surface area contributed by atoms with Crippen molar-refractivity contribution < 1.29 is 4.92 Å². The van der Waals surface area contributed by atoms with Gasteiger partial charge in [-0.2, -0.15) is 0 Å². The molecule has 1 N–H and O–H groups in total. The highest BCUT2D eigenvalue weighted by Gasteiger charge is 2.26. The molecule has 0 amide bonds. The monoisotopic (exact) mass is 288 g/mol. The molecule has 2 aromatic rings. The second-order valence-corrected chi connectivity index (χ2v) is 5.39. The van der Waals surface area contributed by atoms with Crippen LogP contribution in [0.5, 0.6) is 0 Å². The third-order valence-electron chi connectivity index (χ3n) is 4.05. The fourth-order valence-corrected chi connectivity index (χ4v) is 2.92. The first-order chi connectivity index (χ1) is 10.1. The van der Waals surface area contributed by atoms with Crippen LogP contribution >= 0.6 is 0 Å². The highest BCUT2D eigenvalue weighted by atomic mass is 16.6. The molecule has 0 spiro atoms. The van der Waals surface area contributed by atoms with Gasteiger partial charge in [0.2, 0.25) is 0 Å². The third kappa shape index (κ3) is 2.35. The molecule has 0 radical (unpaired) electrons. The van der Waals surface area contributed by atoms with Gasteiger partial charge in [0.1, 0.15) is 5.69 Å². The molecular formula is C14H16N4O3. The van der Waals surface area contributed by atoms with Crippen molar-refractivity contribution in [3.63, 3.8) is 0 Å². The fraction of sp³-hybridized carbons (Fsp3) is 0.429. The van der Waals surface area contributed by atoms with E-state index in [1.165, 1.54) is 12.4 Å². The molecule has 1 aliphatic rings. The Morgan fingerprint density at radius 1 is 1.43 bits per heavy atom. The van der Waals surface area contributed by atoms with Crippen molar-refractivity contribution in [2.75, 3.05) is 11.4 Å². The van der Waals surface area contributed by atoms with E-state index in [0.29, 0.717) is 11.2 Å². The largest absolute Gasteiger partial charge is 0.363 e. The second kappa shape index (κ2) is 5.16. The van der Waals surface area contributed by atoms with Gasteiger partial charge in [-0.25, -0.2) is 4.98 Å². The quantitative estimate of drug-likeness (QED) is 0.675. The summed E-state index contributed by atoms with van der Waals surface area (Å²) in [5, 5.41) is 11.6.